The molecule has 1 heterocycles. The van der Waals surface area contributed by atoms with Crippen molar-refractivity contribution in [3.8, 4) is 0 Å². The molecule has 1 N–H and O–H groups in total. The van der Waals surface area contributed by atoms with E-state index in [1.807, 2.05) is 37.3 Å². The second-order valence-corrected chi connectivity index (χ2v) is 10.4. The van der Waals surface area contributed by atoms with Crippen molar-refractivity contribution < 1.29 is 8.42 Å². The third-order valence-electron chi connectivity index (χ3n) is 4.67. The Morgan fingerprint density at radius 1 is 1.15 bits per heavy atom. The summed E-state index contributed by atoms with van der Waals surface area (Å²) in [5.74, 6) is 0. The molecule has 0 amide bonds. The molecule has 1 fully saturated rings. The third-order valence-corrected chi connectivity index (χ3v) is 8.06. The number of halogens is 2. The molecule has 0 spiro atoms. The van der Waals surface area contributed by atoms with E-state index in [9.17, 15) is 8.42 Å². The van der Waals surface area contributed by atoms with Gasteiger partial charge in [-0.2, -0.15) is 4.31 Å². The van der Waals surface area contributed by atoms with E-state index in [2.05, 4.69) is 44.1 Å². The summed E-state index contributed by atoms with van der Waals surface area (Å²) < 4.78 is 30.0. The van der Waals surface area contributed by atoms with E-state index < -0.39 is 10.0 Å². The van der Waals surface area contributed by atoms with Gasteiger partial charge in [0.05, 0.1) is 4.90 Å². The molecular weight excluding hydrogens is 480 g/mol. The fourth-order valence-electron chi connectivity index (χ4n) is 3.22. The van der Waals surface area contributed by atoms with Crippen LogP contribution in [0, 0.1) is 6.92 Å². The molecule has 4 nitrogen and oxygen atoms in total. The van der Waals surface area contributed by atoms with Crippen LogP contribution in [-0.2, 0) is 16.6 Å². The molecule has 2 atom stereocenters. The van der Waals surface area contributed by atoms with Gasteiger partial charge in [-0.1, -0.05) is 45.8 Å². The molecule has 0 aliphatic carbocycles. The first kappa shape index (κ1) is 20.0. The van der Waals surface area contributed by atoms with Gasteiger partial charge >= 0.3 is 0 Å². The zero-order valence-electron chi connectivity index (χ0n) is 14.7. The Morgan fingerprint density at radius 2 is 1.85 bits per heavy atom. The van der Waals surface area contributed by atoms with Crippen LogP contribution < -0.4 is 5.32 Å². The molecule has 1 saturated heterocycles. The van der Waals surface area contributed by atoms with Gasteiger partial charge in [-0.25, -0.2) is 8.42 Å². The van der Waals surface area contributed by atoms with Crippen molar-refractivity contribution in [1.29, 1.82) is 0 Å². The lowest BCUT2D eigenvalue weighted by molar-refractivity contribution is 0.325. The average Bonchev–Trinajstić information content (AvgIpc) is 3.02. The maximum Gasteiger partial charge on any atom is 0.244 e. The van der Waals surface area contributed by atoms with E-state index in [0.29, 0.717) is 28.5 Å². The Bertz CT molecular complexity index is 885. The quantitative estimate of drug-likeness (QED) is 0.657. The van der Waals surface area contributed by atoms with Crippen LogP contribution in [-0.4, -0.2) is 31.4 Å². The van der Waals surface area contributed by atoms with E-state index in [0.717, 1.165) is 22.0 Å². The summed E-state index contributed by atoms with van der Waals surface area (Å²) in [6, 6.07) is 13.5. The topological polar surface area (TPSA) is 49.4 Å². The van der Waals surface area contributed by atoms with Gasteiger partial charge in [0.25, 0.3) is 0 Å². The summed E-state index contributed by atoms with van der Waals surface area (Å²) in [7, 11) is -3.65. The standard InChI is InChI=1S/C19H22Br2N2O2S/c1-13-3-5-15(6-4-13)12-23(17-9-14(2)22-11-17)26(24,25)19-10-16(20)7-8-18(19)21/h3-8,10,14,17,22H,9,11-12H2,1-2H3/t14-,17+/m0/s1. The molecule has 0 unspecified atom stereocenters. The maximum absolute atomic E-state index is 13.5. The maximum atomic E-state index is 13.5. The van der Waals surface area contributed by atoms with E-state index >= 15 is 0 Å². The fourth-order valence-corrected chi connectivity index (χ4v) is 6.30. The van der Waals surface area contributed by atoms with Crippen molar-refractivity contribution in [1.82, 2.24) is 9.62 Å². The van der Waals surface area contributed by atoms with Crippen molar-refractivity contribution in [3.05, 3.63) is 62.5 Å². The molecule has 0 aromatic heterocycles. The fraction of sp³-hybridized carbons (Fsp3) is 0.368. The van der Waals surface area contributed by atoms with Crippen molar-refractivity contribution >= 4 is 41.9 Å². The summed E-state index contributed by atoms with van der Waals surface area (Å²) in [4.78, 5) is 0.290. The van der Waals surface area contributed by atoms with Gasteiger partial charge in [-0.05, 0) is 60.0 Å². The Kier molecular flexibility index (Phi) is 6.24. The normalized spacial score (nSPS) is 20.7. The number of hydrogen-bond donors (Lipinski definition) is 1. The third kappa shape index (κ3) is 4.39. The van der Waals surface area contributed by atoms with Gasteiger partial charge in [-0.3, -0.25) is 0 Å². The van der Waals surface area contributed by atoms with Gasteiger partial charge in [0, 0.05) is 34.1 Å². The lowest BCUT2D eigenvalue weighted by Gasteiger charge is -2.28. The lowest BCUT2D eigenvalue weighted by Crippen LogP contribution is -2.41. The summed E-state index contributed by atoms with van der Waals surface area (Å²) in [5.41, 5.74) is 2.15. The van der Waals surface area contributed by atoms with Crippen LogP contribution in [0.3, 0.4) is 0 Å². The molecule has 1 aliphatic rings. The highest BCUT2D eigenvalue weighted by atomic mass is 79.9. The monoisotopic (exact) mass is 500 g/mol. The van der Waals surface area contributed by atoms with Gasteiger partial charge in [0.2, 0.25) is 10.0 Å². The number of hydrogen-bond acceptors (Lipinski definition) is 3. The van der Waals surface area contributed by atoms with Crippen molar-refractivity contribution in [2.45, 2.75) is 43.8 Å². The molecule has 1 aliphatic heterocycles. The second-order valence-electron chi connectivity index (χ2n) is 6.81. The Balaban J connectivity index is 2.01. The minimum absolute atomic E-state index is 0.0674. The minimum atomic E-state index is -3.65. The van der Waals surface area contributed by atoms with E-state index in [1.165, 1.54) is 0 Å². The van der Waals surface area contributed by atoms with Crippen LogP contribution in [0.15, 0.2) is 56.3 Å². The number of rotatable bonds is 5. The average molecular weight is 502 g/mol. The molecule has 140 valence electrons. The first-order valence-corrected chi connectivity index (χ1v) is 11.6. The first-order valence-electron chi connectivity index (χ1n) is 8.53. The van der Waals surface area contributed by atoms with E-state index in [4.69, 9.17) is 0 Å². The molecule has 0 bridgehead atoms. The predicted molar refractivity (Wildman–Crippen MR) is 112 cm³/mol. The summed E-state index contributed by atoms with van der Waals surface area (Å²) in [5, 5.41) is 3.37. The summed E-state index contributed by atoms with van der Waals surface area (Å²) >= 11 is 6.80. The zero-order valence-corrected chi connectivity index (χ0v) is 18.7. The number of sulfonamides is 1. The first-order chi connectivity index (χ1) is 12.3. The molecule has 26 heavy (non-hydrogen) atoms. The van der Waals surface area contributed by atoms with Crippen LogP contribution in [0.4, 0.5) is 0 Å². The zero-order chi connectivity index (χ0) is 18.9. The second kappa shape index (κ2) is 8.10. The molecule has 3 rings (SSSR count). The van der Waals surface area contributed by atoms with Crippen LogP contribution in [0.1, 0.15) is 24.5 Å². The number of nitrogens with zero attached hydrogens (tertiary/aromatic N) is 1. The number of aryl methyl sites for hydroxylation is 1. The summed E-state index contributed by atoms with van der Waals surface area (Å²) in [6.07, 6.45) is 0.802. The van der Waals surface area contributed by atoms with Gasteiger partial charge in [0.1, 0.15) is 0 Å². The van der Waals surface area contributed by atoms with Gasteiger partial charge in [0.15, 0.2) is 0 Å². The minimum Gasteiger partial charge on any atom is -0.313 e. The van der Waals surface area contributed by atoms with Crippen molar-refractivity contribution in [2.75, 3.05) is 6.54 Å². The number of nitrogens with one attached hydrogen (secondary N) is 1. The predicted octanol–water partition coefficient (Wildman–Crippen LogP) is 4.46. The SMILES string of the molecule is Cc1ccc(CN([C@H]2CN[C@@H](C)C2)S(=O)(=O)c2cc(Br)ccc2Br)cc1. The van der Waals surface area contributed by atoms with Crippen LogP contribution >= 0.6 is 31.9 Å². The highest BCUT2D eigenvalue weighted by molar-refractivity contribution is 9.11. The number of benzene rings is 2. The molecule has 2 aromatic carbocycles. The molecule has 0 radical (unpaired) electrons. The van der Waals surface area contributed by atoms with Crippen LogP contribution in [0.5, 0.6) is 0 Å². The lowest BCUT2D eigenvalue weighted by atomic mass is 10.1. The summed E-state index contributed by atoms with van der Waals surface area (Å²) in [6.45, 7) is 5.14. The van der Waals surface area contributed by atoms with Crippen molar-refractivity contribution in [3.63, 3.8) is 0 Å². The van der Waals surface area contributed by atoms with Gasteiger partial charge in [-0.15, -0.1) is 0 Å². The molecule has 0 saturated carbocycles. The molecule has 7 heteroatoms. The smallest absolute Gasteiger partial charge is 0.244 e. The van der Waals surface area contributed by atoms with Crippen LogP contribution in [0.25, 0.3) is 0 Å². The van der Waals surface area contributed by atoms with Crippen molar-refractivity contribution in [2.24, 2.45) is 0 Å². The van der Waals surface area contributed by atoms with Crippen LogP contribution in [0.2, 0.25) is 0 Å². The van der Waals surface area contributed by atoms with E-state index in [1.54, 1.807) is 16.4 Å². The largest absolute Gasteiger partial charge is 0.313 e. The van der Waals surface area contributed by atoms with Gasteiger partial charge < -0.3 is 5.32 Å². The Labute approximate surface area is 172 Å². The van der Waals surface area contributed by atoms with E-state index in [-0.39, 0.29) is 6.04 Å². The highest BCUT2D eigenvalue weighted by Crippen LogP contribution is 2.31. The molecule has 2 aromatic rings. The highest BCUT2D eigenvalue weighted by Gasteiger charge is 2.36. The Hall–Kier alpha value is -0.730. The Morgan fingerprint density at radius 3 is 2.46 bits per heavy atom. The molecular formula is C19H22Br2N2O2S.